The van der Waals surface area contributed by atoms with Crippen LogP contribution in [0.2, 0.25) is 0 Å². The number of benzene rings is 4. The standard InChI is InChI=1S/C49H66NO4P/c1-13-33-21-34(14-2)26-41(25-33)48(42-27-35(15-3)22-36(16-4)28-42)45-46(52-47(9,10)51-45)49(54-55(53-48)50(11)12,43-29-37(17-5)23-38(18-6)30-43)44-31-39(19-7)24-40(20-8)32-44/h21-32,45-46H,13-20H2,1-12H3/t45-,46-/m1/s1. The zero-order valence-corrected chi connectivity index (χ0v) is 36.7. The molecule has 0 aromatic heterocycles. The Hall–Kier alpha value is -2.89. The molecule has 5 nitrogen and oxygen atoms in total. The van der Waals surface area contributed by atoms with E-state index in [1.807, 2.05) is 0 Å². The number of fused-ring (bicyclic) bond motifs is 1. The summed E-state index contributed by atoms with van der Waals surface area (Å²) >= 11 is 0. The quantitative estimate of drug-likeness (QED) is 0.127. The van der Waals surface area contributed by atoms with Crippen LogP contribution in [-0.2, 0) is 81.1 Å². The van der Waals surface area contributed by atoms with E-state index in [0.29, 0.717) is 0 Å². The molecule has 0 saturated carbocycles. The van der Waals surface area contributed by atoms with Crippen LogP contribution in [0.25, 0.3) is 0 Å². The van der Waals surface area contributed by atoms with Gasteiger partial charge in [0.15, 0.2) is 17.0 Å². The molecule has 4 aromatic carbocycles. The molecule has 2 saturated heterocycles. The third kappa shape index (κ3) is 7.88. The summed E-state index contributed by atoms with van der Waals surface area (Å²) in [6.07, 6.45) is 6.15. The maximum atomic E-state index is 7.93. The van der Waals surface area contributed by atoms with Gasteiger partial charge in [0.2, 0.25) is 0 Å². The first-order valence-corrected chi connectivity index (χ1v) is 22.2. The first kappa shape index (κ1) is 41.7. The van der Waals surface area contributed by atoms with Gasteiger partial charge in [-0.1, -0.05) is 128 Å². The van der Waals surface area contributed by atoms with Crippen molar-refractivity contribution in [2.75, 3.05) is 14.1 Å². The monoisotopic (exact) mass is 763 g/mol. The Bertz CT molecular complexity index is 1630. The first-order valence-electron chi connectivity index (χ1n) is 21.1. The van der Waals surface area contributed by atoms with Gasteiger partial charge in [0.1, 0.15) is 12.2 Å². The summed E-state index contributed by atoms with van der Waals surface area (Å²) in [5, 5.41) is 0. The van der Waals surface area contributed by atoms with E-state index in [2.05, 4.69) is 161 Å². The Morgan fingerprint density at radius 1 is 0.418 bits per heavy atom. The minimum atomic E-state index is -1.72. The summed E-state index contributed by atoms with van der Waals surface area (Å²) in [6.45, 7) is 22.1. The molecular formula is C49H66NO4P. The highest BCUT2D eigenvalue weighted by molar-refractivity contribution is 7.44. The molecule has 2 atom stereocenters. The molecule has 2 aliphatic rings. The van der Waals surface area contributed by atoms with Crippen LogP contribution >= 0.6 is 8.53 Å². The Labute approximate surface area is 334 Å². The highest BCUT2D eigenvalue weighted by Gasteiger charge is 2.67. The van der Waals surface area contributed by atoms with Crippen molar-refractivity contribution >= 4 is 8.53 Å². The lowest BCUT2D eigenvalue weighted by atomic mass is 9.70. The van der Waals surface area contributed by atoms with E-state index in [-0.39, 0.29) is 0 Å². The van der Waals surface area contributed by atoms with Crippen LogP contribution in [0.5, 0.6) is 0 Å². The molecule has 6 heteroatoms. The van der Waals surface area contributed by atoms with E-state index in [4.69, 9.17) is 18.5 Å². The summed E-state index contributed by atoms with van der Waals surface area (Å²) in [5.74, 6) is -0.936. The van der Waals surface area contributed by atoms with E-state index in [1.165, 1.54) is 44.5 Å². The van der Waals surface area contributed by atoms with Gasteiger partial charge in [-0.05, 0) is 146 Å². The SMILES string of the molecule is CCc1cc(CC)cc(C2(c3cc(CC)cc(CC)c3)OP(N(C)C)OC(c3cc(CC)cc(CC)c3)(c3cc(CC)cc(CC)c3)[C@@H]3OC(C)(C)O[C@H]32)c1. The number of hydrogen-bond acceptors (Lipinski definition) is 5. The fourth-order valence-corrected chi connectivity index (χ4v) is 10.1. The molecule has 6 rings (SSSR count). The Balaban J connectivity index is 1.83. The van der Waals surface area contributed by atoms with E-state index >= 15 is 0 Å². The van der Waals surface area contributed by atoms with Gasteiger partial charge in [-0.15, -0.1) is 0 Å². The minimum absolute atomic E-state index is 0.589. The van der Waals surface area contributed by atoms with Crippen molar-refractivity contribution < 1.29 is 18.5 Å². The normalized spacial score (nSPS) is 20.5. The molecule has 2 fully saturated rings. The van der Waals surface area contributed by atoms with E-state index in [9.17, 15) is 0 Å². The average Bonchev–Trinajstić information content (AvgIpc) is 3.48. The topological polar surface area (TPSA) is 40.2 Å². The van der Waals surface area contributed by atoms with Crippen molar-refractivity contribution in [3.8, 4) is 0 Å². The maximum Gasteiger partial charge on any atom is 0.260 e. The molecule has 0 radical (unpaired) electrons. The van der Waals surface area contributed by atoms with Crippen LogP contribution in [0.15, 0.2) is 72.8 Å². The van der Waals surface area contributed by atoms with Crippen molar-refractivity contribution in [1.82, 2.24) is 4.67 Å². The molecule has 2 heterocycles. The van der Waals surface area contributed by atoms with Gasteiger partial charge in [-0.3, -0.25) is 0 Å². The molecule has 0 aliphatic carbocycles. The fraction of sp³-hybridized carbons (Fsp3) is 0.510. The smallest absolute Gasteiger partial charge is 0.260 e. The van der Waals surface area contributed by atoms with Crippen LogP contribution in [0.1, 0.15) is 136 Å². The zero-order valence-electron chi connectivity index (χ0n) is 35.8. The number of aryl methyl sites for hydroxylation is 8. The zero-order chi connectivity index (χ0) is 39.7. The Morgan fingerprint density at radius 3 is 0.818 bits per heavy atom. The van der Waals surface area contributed by atoms with Crippen molar-refractivity contribution in [1.29, 1.82) is 0 Å². The summed E-state index contributed by atoms with van der Waals surface area (Å²) < 4.78 is 32.9. The van der Waals surface area contributed by atoms with E-state index < -0.39 is 37.7 Å². The van der Waals surface area contributed by atoms with Gasteiger partial charge < -0.3 is 18.5 Å². The van der Waals surface area contributed by atoms with Crippen LogP contribution in [-0.4, -0.2) is 36.8 Å². The maximum absolute atomic E-state index is 7.93. The second kappa shape index (κ2) is 16.9. The lowest BCUT2D eigenvalue weighted by molar-refractivity contribution is -0.175. The fourth-order valence-electron chi connectivity index (χ4n) is 8.63. The van der Waals surface area contributed by atoms with Crippen molar-refractivity contribution in [2.24, 2.45) is 0 Å². The average molecular weight is 764 g/mol. The van der Waals surface area contributed by atoms with Gasteiger partial charge in [0, 0.05) is 0 Å². The van der Waals surface area contributed by atoms with Crippen molar-refractivity contribution in [3.63, 3.8) is 0 Å². The molecule has 0 spiro atoms. The van der Waals surface area contributed by atoms with Crippen LogP contribution in [0.3, 0.4) is 0 Å². The van der Waals surface area contributed by atoms with Crippen molar-refractivity contribution in [2.45, 2.75) is 150 Å². The second-order valence-corrected chi connectivity index (χ2v) is 17.8. The van der Waals surface area contributed by atoms with Gasteiger partial charge >= 0.3 is 0 Å². The molecule has 0 unspecified atom stereocenters. The number of rotatable bonds is 13. The van der Waals surface area contributed by atoms with Gasteiger partial charge in [-0.2, -0.15) is 0 Å². The number of ether oxygens (including phenoxy) is 2. The lowest BCUT2D eigenvalue weighted by Gasteiger charge is -2.42. The largest absolute Gasteiger partial charge is 0.341 e. The highest BCUT2D eigenvalue weighted by Crippen LogP contribution is 2.65. The van der Waals surface area contributed by atoms with E-state index in [0.717, 1.165) is 73.6 Å². The van der Waals surface area contributed by atoms with Crippen molar-refractivity contribution in [3.05, 3.63) is 140 Å². The molecule has 0 bridgehead atoms. The first-order chi connectivity index (χ1) is 26.3. The molecular weight excluding hydrogens is 698 g/mol. The number of nitrogens with zero attached hydrogens (tertiary/aromatic N) is 1. The molecule has 0 amide bonds. The van der Waals surface area contributed by atoms with Gasteiger partial charge in [0.05, 0.1) is 0 Å². The molecule has 0 N–H and O–H groups in total. The molecule has 2 aliphatic heterocycles. The molecule has 55 heavy (non-hydrogen) atoms. The van der Waals surface area contributed by atoms with Crippen LogP contribution in [0, 0.1) is 0 Å². The third-order valence-electron chi connectivity index (χ3n) is 11.9. The van der Waals surface area contributed by atoms with Gasteiger partial charge in [0.25, 0.3) is 8.53 Å². The van der Waals surface area contributed by atoms with Crippen LogP contribution in [0.4, 0.5) is 0 Å². The summed E-state index contributed by atoms with van der Waals surface area (Å²) in [5.41, 5.74) is 12.5. The van der Waals surface area contributed by atoms with E-state index in [1.54, 1.807) is 0 Å². The molecule has 296 valence electrons. The van der Waals surface area contributed by atoms with Crippen LogP contribution < -0.4 is 0 Å². The Kier molecular flexibility index (Phi) is 12.8. The summed E-state index contributed by atoms with van der Waals surface area (Å²) in [4.78, 5) is 0. The second-order valence-electron chi connectivity index (χ2n) is 16.2. The Morgan fingerprint density at radius 2 is 0.636 bits per heavy atom. The molecule has 4 aromatic rings. The number of hydrogen-bond donors (Lipinski definition) is 0. The third-order valence-corrected chi connectivity index (χ3v) is 13.4. The lowest BCUT2D eigenvalue weighted by Crippen LogP contribution is -2.54. The summed E-state index contributed by atoms with van der Waals surface area (Å²) in [6, 6.07) is 28.3. The highest BCUT2D eigenvalue weighted by atomic mass is 31.2. The predicted octanol–water partition coefficient (Wildman–Crippen LogP) is 11.7. The predicted molar refractivity (Wildman–Crippen MR) is 229 cm³/mol. The van der Waals surface area contributed by atoms with Gasteiger partial charge in [-0.25, -0.2) is 4.67 Å². The minimum Gasteiger partial charge on any atom is -0.341 e. The summed E-state index contributed by atoms with van der Waals surface area (Å²) in [7, 11) is 2.46.